The summed E-state index contributed by atoms with van der Waals surface area (Å²) in [6.07, 6.45) is 2.06. The number of carbonyl (C=O) groups excluding carboxylic acids is 1. The first-order valence-corrected chi connectivity index (χ1v) is 8.58. The number of benzene rings is 2. The van der Waals surface area contributed by atoms with Crippen LogP contribution in [0.3, 0.4) is 0 Å². The molecule has 4 heteroatoms. The molecule has 1 atom stereocenters. The number of ether oxygens (including phenoxy) is 1. The Bertz CT molecular complexity index is 837. The average Bonchev–Trinajstić information content (AvgIpc) is 2.62. The third-order valence-corrected chi connectivity index (χ3v) is 4.61. The second kappa shape index (κ2) is 7.58. The van der Waals surface area contributed by atoms with Crippen LogP contribution in [0.5, 0.6) is 0 Å². The molecular formula is C21H18ClO3-. The Labute approximate surface area is 152 Å². The second-order valence-electron chi connectivity index (χ2n) is 5.81. The van der Waals surface area contributed by atoms with Gasteiger partial charge in [0, 0.05) is 16.5 Å². The molecule has 0 bridgehead atoms. The van der Waals surface area contributed by atoms with Crippen molar-refractivity contribution in [1.29, 1.82) is 0 Å². The van der Waals surface area contributed by atoms with Gasteiger partial charge in [0.2, 0.25) is 0 Å². The van der Waals surface area contributed by atoms with E-state index in [4.69, 9.17) is 16.3 Å². The first-order chi connectivity index (χ1) is 12.1. The van der Waals surface area contributed by atoms with Gasteiger partial charge in [-0.05, 0) is 36.1 Å². The largest absolute Gasteiger partial charge is 0.872 e. The predicted molar refractivity (Wildman–Crippen MR) is 96.9 cm³/mol. The minimum Gasteiger partial charge on any atom is -0.872 e. The van der Waals surface area contributed by atoms with E-state index in [0.717, 1.165) is 16.7 Å². The molecule has 1 aliphatic rings. The highest BCUT2D eigenvalue weighted by molar-refractivity contribution is 6.31. The number of hydrogen-bond acceptors (Lipinski definition) is 3. The molecule has 0 heterocycles. The van der Waals surface area contributed by atoms with Crippen molar-refractivity contribution in [2.75, 3.05) is 6.61 Å². The highest BCUT2D eigenvalue weighted by atomic mass is 35.5. The van der Waals surface area contributed by atoms with Gasteiger partial charge in [0.25, 0.3) is 0 Å². The summed E-state index contributed by atoms with van der Waals surface area (Å²) in [5.74, 6) is -1.30. The molecule has 0 N–H and O–H groups in total. The normalized spacial score (nSPS) is 17.2. The zero-order chi connectivity index (χ0) is 17.8. The summed E-state index contributed by atoms with van der Waals surface area (Å²) in [7, 11) is 0. The Hall–Kier alpha value is -2.52. The van der Waals surface area contributed by atoms with Crippen LogP contribution in [0.2, 0.25) is 5.02 Å². The van der Waals surface area contributed by atoms with Crippen molar-refractivity contribution in [3.8, 4) is 0 Å². The van der Waals surface area contributed by atoms with Gasteiger partial charge in [0.15, 0.2) is 0 Å². The second-order valence-corrected chi connectivity index (χ2v) is 6.22. The third kappa shape index (κ3) is 3.62. The van der Waals surface area contributed by atoms with Gasteiger partial charge in [-0.2, -0.15) is 0 Å². The van der Waals surface area contributed by atoms with Gasteiger partial charge in [-0.3, -0.25) is 0 Å². The summed E-state index contributed by atoms with van der Waals surface area (Å²) in [6.45, 7) is 1.95. The van der Waals surface area contributed by atoms with Gasteiger partial charge in [0.05, 0.1) is 6.61 Å². The predicted octanol–water partition coefficient (Wildman–Crippen LogP) is 4.09. The summed E-state index contributed by atoms with van der Waals surface area (Å²) in [5, 5.41) is 13.3. The lowest BCUT2D eigenvalue weighted by atomic mass is 9.79. The van der Waals surface area contributed by atoms with Gasteiger partial charge in [-0.1, -0.05) is 72.0 Å². The summed E-state index contributed by atoms with van der Waals surface area (Å²) in [4.78, 5) is 12.4. The fraction of sp³-hybridized carbons (Fsp3) is 0.190. The Kier molecular flexibility index (Phi) is 5.25. The molecule has 1 unspecified atom stereocenters. The van der Waals surface area contributed by atoms with Gasteiger partial charge < -0.3 is 9.84 Å². The Morgan fingerprint density at radius 1 is 1.16 bits per heavy atom. The van der Waals surface area contributed by atoms with E-state index in [1.807, 2.05) is 48.5 Å². The summed E-state index contributed by atoms with van der Waals surface area (Å²) in [6, 6.07) is 17.0. The van der Waals surface area contributed by atoms with Gasteiger partial charge in [-0.15, -0.1) is 0 Å². The molecule has 25 heavy (non-hydrogen) atoms. The average molecular weight is 354 g/mol. The molecule has 2 aromatic carbocycles. The van der Waals surface area contributed by atoms with Crippen molar-refractivity contribution in [2.45, 2.75) is 19.3 Å². The molecule has 128 valence electrons. The Morgan fingerprint density at radius 3 is 2.52 bits per heavy atom. The number of halogens is 1. The maximum atomic E-state index is 12.7. The standard InChI is InChI=1S/C21H19ClO3/c1-2-25-21(24)20-17(16-10-6-7-11-18(16)22)12-15(13-19(20)23)14-8-4-3-5-9-14/h3-11,13,17,23H,2,12H2,1H3/p-1. The molecule has 2 aromatic rings. The van der Waals surface area contributed by atoms with E-state index in [2.05, 4.69) is 0 Å². The molecule has 0 aromatic heterocycles. The van der Waals surface area contributed by atoms with Gasteiger partial charge in [-0.25, -0.2) is 4.79 Å². The van der Waals surface area contributed by atoms with E-state index < -0.39 is 11.9 Å². The number of rotatable bonds is 4. The third-order valence-electron chi connectivity index (χ3n) is 4.26. The highest BCUT2D eigenvalue weighted by Crippen LogP contribution is 2.42. The lowest BCUT2D eigenvalue weighted by molar-refractivity contribution is -0.297. The van der Waals surface area contributed by atoms with E-state index in [1.165, 1.54) is 6.08 Å². The van der Waals surface area contributed by atoms with E-state index >= 15 is 0 Å². The fourth-order valence-electron chi connectivity index (χ4n) is 3.12. The molecule has 0 amide bonds. The molecule has 0 saturated heterocycles. The topological polar surface area (TPSA) is 49.4 Å². The quantitative estimate of drug-likeness (QED) is 0.778. The summed E-state index contributed by atoms with van der Waals surface area (Å²) >= 11 is 6.35. The summed E-state index contributed by atoms with van der Waals surface area (Å²) < 4.78 is 5.12. The summed E-state index contributed by atoms with van der Waals surface area (Å²) in [5.41, 5.74) is 2.77. The monoisotopic (exact) mass is 353 g/mol. The Morgan fingerprint density at radius 2 is 1.84 bits per heavy atom. The maximum Gasteiger partial charge on any atom is 0.334 e. The number of hydrogen-bond donors (Lipinski definition) is 0. The minimum atomic E-state index is -0.569. The van der Waals surface area contributed by atoms with Crippen molar-refractivity contribution in [2.24, 2.45) is 0 Å². The molecule has 0 spiro atoms. The van der Waals surface area contributed by atoms with Gasteiger partial charge >= 0.3 is 5.97 Å². The van der Waals surface area contributed by atoms with Crippen LogP contribution in [-0.2, 0) is 9.53 Å². The zero-order valence-corrected chi connectivity index (χ0v) is 14.6. The SMILES string of the molecule is CCOC(=O)C1=C([O-])C=C(c2ccccc2)CC1c1ccccc1Cl. The molecule has 1 aliphatic carbocycles. The highest BCUT2D eigenvalue weighted by Gasteiger charge is 2.29. The minimum absolute atomic E-state index is 0.148. The first-order valence-electron chi connectivity index (χ1n) is 8.20. The lowest BCUT2D eigenvalue weighted by Gasteiger charge is -2.31. The smallest absolute Gasteiger partial charge is 0.334 e. The van der Waals surface area contributed by atoms with E-state index in [9.17, 15) is 9.90 Å². The van der Waals surface area contributed by atoms with Crippen LogP contribution in [0.1, 0.15) is 30.4 Å². The molecule has 0 aliphatic heterocycles. The molecule has 0 fully saturated rings. The molecular weight excluding hydrogens is 336 g/mol. The van der Waals surface area contributed by atoms with Crippen LogP contribution in [0.25, 0.3) is 5.57 Å². The van der Waals surface area contributed by atoms with Crippen LogP contribution in [0.15, 0.2) is 72.0 Å². The molecule has 0 saturated carbocycles. The lowest BCUT2D eigenvalue weighted by Crippen LogP contribution is -2.24. The van der Waals surface area contributed by atoms with Crippen LogP contribution in [0.4, 0.5) is 0 Å². The van der Waals surface area contributed by atoms with Crippen LogP contribution >= 0.6 is 11.6 Å². The number of allylic oxidation sites excluding steroid dienone is 2. The molecule has 3 rings (SSSR count). The van der Waals surface area contributed by atoms with Crippen LogP contribution < -0.4 is 5.11 Å². The van der Waals surface area contributed by atoms with Crippen LogP contribution in [0, 0.1) is 0 Å². The number of esters is 1. The van der Waals surface area contributed by atoms with Crippen molar-refractivity contribution in [3.63, 3.8) is 0 Å². The van der Waals surface area contributed by atoms with Crippen LogP contribution in [-0.4, -0.2) is 12.6 Å². The number of carbonyl (C=O) groups is 1. The van der Waals surface area contributed by atoms with Crippen molar-refractivity contribution in [1.82, 2.24) is 0 Å². The maximum absolute atomic E-state index is 12.7. The van der Waals surface area contributed by atoms with Crippen molar-refractivity contribution in [3.05, 3.63) is 88.2 Å². The first kappa shape index (κ1) is 17.3. The van der Waals surface area contributed by atoms with E-state index in [0.29, 0.717) is 11.4 Å². The molecule has 0 radical (unpaired) electrons. The van der Waals surface area contributed by atoms with Crippen molar-refractivity contribution < 1.29 is 14.6 Å². The molecule has 3 nitrogen and oxygen atoms in total. The van der Waals surface area contributed by atoms with Crippen molar-refractivity contribution >= 4 is 23.1 Å². The Balaban J connectivity index is 2.10. The van der Waals surface area contributed by atoms with E-state index in [1.54, 1.807) is 13.0 Å². The van der Waals surface area contributed by atoms with E-state index in [-0.39, 0.29) is 17.9 Å². The zero-order valence-electron chi connectivity index (χ0n) is 13.9. The van der Waals surface area contributed by atoms with Gasteiger partial charge in [0.1, 0.15) is 0 Å². The fourth-order valence-corrected chi connectivity index (χ4v) is 3.38.